The summed E-state index contributed by atoms with van der Waals surface area (Å²) < 4.78 is 30.4. The minimum atomic E-state index is -4.22. The molecule has 1 amide bonds. The Labute approximate surface area is 163 Å². The average Bonchev–Trinajstić information content (AvgIpc) is 2.93. The molecule has 0 spiro atoms. The van der Waals surface area contributed by atoms with Crippen molar-refractivity contribution in [2.75, 3.05) is 0 Å². The fourth-order valence-corrected chi connectivity index (χ4v) is 4.13. The van der Waals surface area contributed by atoms with Crippen molar-refractivity contribution < 1.29 is 22.3 Å². The molecule has 0 bridgehead atoms. The van der Waals surface area contributed by atoms with Crippen molar-refractivity contribution in [3.05, 3.63) is 69.1 Å². The number of hydrogen-bond acceptors (Lipinski definition) is 8. The molecule has 0 saturated carbocycles. The number of thiocarbonyl (C=S) groups is 1. The topological polar surface area (TPSA) is 116 Å². The van der Waals surface area contributed by atoms with E-state index in [-0.39, 0.29) is 22.2 Å². The van der Waals surface area contributed by atoms with E-state index >= 15 is 0 Å². The van der Waals surface area contributed by atoms with Crippen molar-refractivity contribution >= 4 is 56.1 Å². The zero-order valence-corrected chi connectivity index (χ0v) is 15.8. The molecule has 0 aliphatic carbocycles. The molecule has 11 heteroatoms. The fourth-order valence-electron chi connectivity index (χ4n) is 2.14. The van der Waals surface area contributed by atoms with Crippen molar-refractivity contribution in [1.82, 2.24) is 5.32 Å². The predicted octanol–water partition coefficient (Wildman–Crippen LogP) is 2.85. The number of carbonyl (C=O) groups excluding carboxylic acids is 1. The molecule has 138 valence electrons. The normalized spacial score (nSPS) is 15.6. The van der Waals surface area contributed by atoms with Crippen LogP contribution in [-0.4, -0.2) is 23.6 Å². The first-order valence-corrected chi connectivity index (χ1v) is 9.92. The van der Waals surface area contributed by atoms with E-state index in [0.29, 0.717) is 14.8 Å². The van der Waals surface area contributed by atoms with E-state index in [0.717, 1.165) is 36.0 Å². The van der Waals surface area contributed by atoms with Crippen LogP contribution in [0.15, 0.2) is 58.3 Å². The van der Waals surface area contributed by atoms with Crippen molar-refractivity contribution in [1.29, 1.82) is 0 Å². The number of rotatable bonds is 5. The third-order valence-electron chi connectivity index (χ3n) is 3.38. The quantitative estimate of drug-likeness (QED) is 0.257. The average molecular weight is 422 g/mol. The zero-order chi connectivity index (χ0) is 19.6. The molecule has 2 aromatic carbocycles. The van der Waals surface area contributed by atoms with E-state index in [1.807, 2.05) is 0 Å². The SMILES string of the molecule is O=C1NC(=S)SC1=Cc1ccccc1OS(=O)(=O)c1ccc([N+](=O)[O-])cc1. The first kappa shape index (κ1) is 19.0. The first-order valence-electron chi connectivity index (χ1n) is 7.29. The summed E-state index contributed by atoms with van der Waals surface area (Å²) in [6.07, 6.45) is 1.47. The minimum Gasteiger partial charge on any atom is -0.378 e. The van der Waals surface area contributed by atoms with Crippen LogP contribution >= 0.6 is 24.0 Å². The molecule has 3 rings (SSSR count). The summed E-state index contributed by atoms with van der Waals surface area (Å²) in [5.74, 6) is -0.368. The van der Waals surface area contributed by atoms with Gasteiger partial charge in [-0.2, -0.15) is 8.42 Å². The lowest BCUT2D eigenvalue weighted by Gasteiger charge is -2.09. The van der Waals surface area contributed by atoms with Crippen LogP contribution in [-0.2, 0) is 14.9 Å². The number of benzene rings is 2. The van der Waals surface area contributed by atoms with Crippen LogP contribution in [0.4, 0.5) is 5.69 Å². The van der Waals surface area contributed by atoms with Gasteiger partial charge in [0, 0.05) is 17.7 Å². The van der Waals surface area contributed by atoms with Crippen LogP contribution in [0.2, 0.25) is 0 Å². The Kier molecular flexibility index (Phi) is 5.26. The summed E-state index contributed by atoms with van der Waals surface area (Å²) in [4.78, 5) is 21.9. The van der Waals surface area contributed by atoms with Gasteiger partial charge in [-0.1, -0.05) is 42.2 Å². The van der Waals surface area contributed by atoms with Crippen molar-refractivity contribution in [2.24, 2.45) is 0 Å². The lowest BCUT2D eigenvalue weighted by atomic mass is 10.2. The Bertz CT molecular complexity index is 1080. The lowest BCUT2D eigenvalue weighted by Crippen LogP contribution is -2.17. The Morgan fingerprint density at radius 1 is 1.15 bits per heavy atom. The van der Waals surface area contributed by atoms with Gasteiger partial charge in [-0.25, -0.2) is 0 Å². The smallest absolute Gasteiger partial charge is 0.339 e. The van der Waals surface area contributed by atoms with Gasteiger partial charge in [0.15, 0.2) is 0 Å². The van der Waals surface area contributed by atoms with E-state index in [9.17, 15) is 23.3 Å². The second-order valence-corrected chi connectivity index (χ2v) is 8.44. The van der Waals surface area contributed by atoms with Gasteiger partial charge < -0.3 is 9.50 Å². The summed E-state index contributed by atoms with van der Waals surface area (Å²) in [5, 5.41) is 13.2. The van der Waals surface area contributed by atoms with Gasteiger partial charge in [0.05, 0.1) is 9.83 Å². The highest BCUT2D eigenvalue weighted by molar-refractivity contribution is 8.26. The van der Waals surface area contributed by atoms with Crippen molar-refractivity contribution in [2.45, 2.75) is 4.90 Å². The molecule has 8 nitrogen and oxygen atoms in total. The van der Waals surface area contributed by atoms with Gasteiger partial charge in [-0.05, 0) is 24.3 Å². The number of amides is 1. The Morgan fingerprint density at radius 2 is 1.81 bits per heavy atom. The van der Waals surface area contributed by atoms with E-state index < -0.39 is 15.0 Å². The van der Waals surface area contributed by atoms with Crippen molar-refractivity contribution in [3.63, 3.8) is 0 Å². The molecule has 1 heterocycles. The summed E-state index contributed by atoms with van der Waals surface area (Å²) in [7, 11) is -4.22. The van der Waals surface area contributed by atoms with Crippen LogP contribution in [0.25, 0.3) is 6.08 Å². The number of hydrogen-bond donors (Lipinski definition) is 1. The molecule has 1 N–H and O–H groups in total. The number of nitrogens with zero attached hydrogens (tertiary/aromatic N) is 1. The molecule has 0 radical (unpaired) electrons. The molecular weight excluding hydrogens is 412 g/mol. The molecule has 2 aromatic rings. The van der Waals surface area contributed by atoms with Crippen LogP contribution < -0.4 is 9.50 Å². The molecule has 27 heavy (non-hydrogen) atoms. The standard InChI is InChI=1S/C16H10N2O6S3/c19-15-14(26-16(25)17-15)9-10-3-1-2-4-13(10)24-27(22,23)12-7-5-11(6-8-12)18(20)21/h1-9H,(H,17,19,25). The molecule has 0 atom stereocenters. The third-order valence-corrected chi connectivity index (χ3v) is 5.79. The second-order valence-electron chi connectivity index (χ2n) is 5.18. The second kappa shape index (κ2) is 7.47. The summed E-state index contributed by atoms with van der Waals surface area (Å²) >= 11 is 5.98. The maximum atomic E-state index is 12.5. The number of nitro groups is 1. The van der Waals surface area contributed by atoms with Crippen LogP contribution in [0, 0.1) is 10.1 Å². The van der Waals surface area contributed by atoms with Crippen LogP contribution in [0.5, 0.6) is 5.75 Å². The maximum Gasteiger partial charge on any atom is 0.339 e. The van der Waals surface area contributed by atoms with Crippen molar-refractivity contribution in [3.8, 4) is 5.75 Å². The summed E-state index contributed by atoms with van der Waals surface area (Å²) in [6, 6.07) is 10.6. The van der Waals surface area contributed by atoms with Gasteiger partial charge in [-0.15, -0.1) is 0 Å². The van der Waals surface area contributed by atoms with Gasteiger partial charge >= 0.3 is 10.1 Å². The largest absolute Gasteiger partial charge is 0.378 e. The lowest BCUT2D eigenvalue weighted by molar-refractivity contribution is -0.384. The molecule has 1 fully saturated rings. The van der Waals surface area contributed by atoms with E-state index in [1.165, 1.54) is 12.1 Å². The molecule has 1 aliphatic heterocycles. The number of thioether (sulfide) groups is 1. The number of para-hydroxylation sites is 1. The monoisotopic (exact) mass is 422 g/mol. The Balaban J connectivity index is 1.91. The number of nitrogens with one attached hydrogen (secondary N) is 1. The third kappa shape index (κ3) is 4.32. The summed E-state index contributed by atoms with van der Waals surface area (Å²) in [6.45, 7) is 0. The minimum absolute atomic E-state index is 0.00886. The highest BCUT2D eigenvalue weighted by Crippen LogP contribution is 2.30. The molecule has 1 saturated heterocycles. The molecule has 0 unspecified atom stereocenters. The van der Waals surface area contributed by atoms with E-state index in [4.69, 9.17) is 16.4 Å². The maximum absolute atomic E-state index is 12.5. The molecular formula is C16H10N2O6S3. The van der Waals surface area contributed by atoms with E-state index in [1.54, 1.807) is 18.2 Å². The van der Waals surface area contributed by atoms with Crippen LogP contribution in [0.1, 0.15) is 5.56 Å². The highest BCUT2D eigenvalue weighted by atomic mass is 32.2. The van der Waals surface area contributed by atoms with Gasteiger partial charge in [0.1, 0.15) is 15.0 Å². The Hall–Kier alpha value is -2.76. The highest BCUT2D eigenvalue weighted by Gasteiger charge is 2.24. The molecule has 1 aliphatic rings. The first-order chi connectivity index (χ1) is 12.8. The van der Waals surface area contributed by atoms with Crippen LogP contribution in [0.3, 0.4) is 0 Å². The Morgan fingerprint density at radius 3 is 2.41 bits per heavy atom. The number of carbonyl (C=O) groups is 1. The number of nitro benzene ring substituents is 1. The predicted molar refractivity (Wildman–Crippen MR) is 104 cm³/mol. The fraction of sp³-hybridized carbons (Fsp3) is 0. The van der Waals surface area contributed by atoms with E-state index in [2.05, 4.69) is 5.32 Å². The van der Waals surface area contributed by atoms with Gasteiger partial charge in [-0.3, -0.25) is 14.9 Å². The number of non-ortho nitro benzene ring substituents is 1. The van der Waals surface area contributed by atoms with Gasteiger partial charge in [0.2, 0.25) is 0 Å². The summed E-state index contributed by atoms with van der Waals surface area (Å²) in [5.41, 5.74) is 0.129. The molecule has 0 aromatic heterocycles. The zero-order valence-electron chi connectivity index (χ0n) is 13.3. The van der Waals surface area contributed by atoms with Gasteiger partial charge in [0.25, 0.3) is 11.6 Å².